The number of ether oxygens (including phenoxy) is 1. The topological polar surface area (TPSA) is 90.9 Å². The maximum Gasteiger partial charge on any atom is 0.426 e. The number of rotatable bonds is 7. The molecule has 0 amide bonds. The van der Waals surface area contributed by atoms with Gasteiger partial charge in [0, 0.05) is 12.3 Å². The molecule has 0 spiro atoms. The van der Waals surface area contributed by atoms with Crippen LogP contribution < -0.4 is 11.4 Å². The summed E-state index contributed by atoms with van der Waals surface area (Å²) in [6.45, 7) is -0.357. The predicted molar refractivity (Wildman–Crippen MR) is 61.0 cm³/mol. The van der Waals surface area contributed by atoms with E-state index in [0.717, 1.165) is 12.3 Å². The summed E-state index contributed by atoms with van der Waals surface area (Å²) in [6.07, 6.45) is 0.745. The van der Waals surface area contributed by atoms with Crippen LogP contribution in [-0.4, -0.2) is 22.2 Å². The lowest BCUT2D eigenvalue weighted by atomic mass is 10.3. The van der Waals surface area contributed by atoms with Gasteiger partial charge in [-0.15, -0.1) is 0 Å². The van der Waals surface area contributed by atoms with Crippen LogP contribution in [0, 0.1) is 0 Å². The first-order valence-electron chi connectivity index (χ1n) is 5.11. The van der Waals surface area contributed by atoms with Crippen molar-refractivity contribution in [3.63, 3.8) is 0 Å². The Morgan fingerprint density at radius 1 is 1.61 bits per heavy atom. The van der Waals surface area contributed by atoms with Crippen LogP contribution >= 0.6 is 9.03 Å². The van der Waals surface area contributed by atoms with Crippen molar-refractivity contribution in [2.45, 2.75) is 25.9 Å². The second-order valence-corrected chi connectivity index (χ2v) is 3.74. The molecule has 0 aliphatic heterocycles. The lowest BCUT2D eigenvalue weighted by molar-refractivity contribution is -0.147. The normalized spacial score (nSPS) is 15.1. The van der Waals surface area contributed by atoms with E-state index in [1.807, 2.05) is 0 Å². The van der Waals surface area contributed by atoms with Gasteiger partial charge < -0.3 is 18.6 Å². The Balaban J connectivity index is 2.71. The van der Waals surface area contributed by atoms with Crippen molar-refractivity contribution in [2.24, 2.45) is 0 Å². The molecule has 1 aromatic heterocycles. The van der Waals surface area contributed by atoms with Crippen LogP contribution in [0.25, 0.3) is 0 Å². The molecular weight excluding hydrogens is 268 g/mol. The van der Waals surface area contributed by atoms with E-state index in [0.29, 0.717) is 11.0 Å². The van der Waals surface area contributed by atoms with Crippen LogP contribution in [0.2, 0.25) is 0 Å². The van der Waals surface area contributed by atoms with E-state index >= 15 is 0 Å². The summed E-state index contributed by atoms with van der Waals surface area (Å²) in [4.78, 5) is 30.4. The van der Waals surface area contributed by atoms with Gasteiger partial charge in [-0.05, 0) is 6.42 Å². The van der Waals surface area contributed by atoms with Gasteiger partial charge in [0.15, 0.2) is 9.03 Å². The van der Waals surface area contributed by atoms with Crippen molar-refractivity contribution >= 4 is 9.03 Å². The molecule has 1 aromatic rings. The number of aromatic nitrogens is 1. The predicted octanol–water partition coefficient (Wildman–Crippen LogP) is 0.540. The van der Waals surface area contributed by atoms with Gasteiger partial charge in [0.25, 0.3) is 6.48 Å². The Morgan fingerprint density at radius 3 is 2.89 bits per heavy atom. The van der Waals surface area contributed by atoms with Gasteiger partial charge in [-0.3, -0.25) is 0 Å². The zero-order valence-electron chi connectivity index (χ0n) is 9.54. The quantitative estimate of drug-likeness (QED) is 0.733. The fourth-order valence-corrected chi connectivity index (χ4v) is 1.39. The number of nitrogens with zero attached hydrogens (tertiary/aromatic N) is 1. The average molecular weight is 281 g/mol. The molecule has 102 valence electrons. The zero-order chi connectivity index (χ0) is 13.5. The van der Waals surface area contributed by atoms with Gasteiger partial charge in [0.1, 0.15) is 0 Å². The minimum atomic E-state index is -2.09. The van der Waals surface area contributed by atoms with Crippen LogP contribution in [0.15, 0.2) is 26.3 Å². The lowest BCUT2D eigenvalue weighted by Crippen LogP contribution is -2.29. The van der Waals surface area contributed by atoms with Crippen LogP contribution in [0.1, 0.15) is 19.8 Å². The molecule has 1 heterocycles. The van der Waals surface area contributed by atoms with Crippen molar-refractivity contribution < 1.29 is 23.0 Å². The molecule has 0 aliphatic rings. The lowest BCUT2D eigenvalue weighted by Gasteiger charge is -2.18. The number of hydrogen-bond acceptors (Lipinski definition) is 6. The molecule has 0 aliphatic carbocycles. The van der Waals surface area contributed by atoms with Gasteiger partial charge in [-0.2, -0.15) is 4.39 Å². The fourth-order valence-electron chi connectivity index (χ4n) is 1.13. The minimum absolute atomic E-state index is 0.00258. The molecular formula is C9H13FNO6P. The molecule has 0 aromatic carbocycles. The van der Waals surface area contributed by atoms with E-state index in [-0.39, 0.29) is 6.61 Å². The molecule has 0 fully saturated rings. The third-order valence-electron chi connectivity index (χ3n) is 2.08. The third kappa shape index (κ3) is 4.30. The molecule has 2 unspecified atom stereocenters. The SMILES string of the molecule is CC[C@@H](COPO)OC(F)n1ccc(=O)oc1=O. The second-order valence-electron chi connectivity index (χ2n) is 3.27. The van der Waals surface area contributed by atoms with E-state index in [9.17, 15) is 14.0 Å². The van der Waals surface area contributed by atoms with Crippen LogP contribution in [-0.2, 0) is 9.26 Å². The number of halogens is 1. The third-order valence-corrected chi connectivity index (χ3v) is 2.38. The highest BCUT2D eigenvalue weighted by molar-refractivity contribution is 7.24. The fraction of sp³-hybridized carbons (Fsp3) is 0.556. The zero-order valence-corrected chi connectivity index (χ0v) is 10.5. The summed E-state index contributed by atoms with van der Waals surface area (Å²) in [7, 11) is -0.718. The van der Waals surface area contributed by atoms with E-state index < -0.39 is 33.0 Å². The summed E-state index contributed by atoms with van der Waals surface area (Å²) >= 11 is 0. The Kier molecular flexibility index (Phi) is 6.14. The van der Waals surface area contributed by atoms with E-state index in [1.165, 1.54) is 0 Å². The summed E-state index contributed by atoms with van der Waals surface area (Å²) in [5.41, 5.74) is -0.861. The van der Waals surface area contributed by atoms with Crippen molar-refractivity contribution in [2.75, 3.05) is 6.61 Å². The van der Waals surface area contributed by atoms with Gasteiger partial charge in [0.05, 0.1) is 12.7 Å². The second kappa shape index (κ2) is 7.38. The Morgan fingerprint density at radius 2 is 2.33 bits per heavy atom. The Bertz CT molecular complexity index is 475. The maximum absolute atomic E-state index is 13.7. The molecule has 0 bridgehead atoms. The molecule has 9 heteroatoms. The molecule has 0 saturated heterocycles. The summed E-state index contributed by atoms with van der Waals surface area (Å²) in [5, 5.41) is 0. The molecule has 3 atom stereocenters. The minimum Gasteiger partial charge on any atom is -0.372 e. The van der Waals surface area contributed by atoms with Gasteiger partial charge in [-0.25, -0.2) is 14.2 Å². The van der Waals surface area contributed by atoms with Crippen LogP contribution in [0.5, 0.6) is 0 Å². The summed E-state index contributed by atoms with van der Waals surface area (Å²) in [6, 6.07) is 0.907. The van der Waals surface area contributed by atoms with E-state index in [4.69, 9.17) is 14.2 Å². The van der Waals surface area contributed by atoms with Gasteiger partial charge in [0.2, 0.25) is 0 Å². The van der Waals surface area contributed by atoms with Crippen molar-refractivity contribution in [3.8, 4) is 0 Å². The average Bonchev–Trinajstić information content (AvgIpc) is 2.34. The molecule has 1 rings (SSSR count). The molecule has 0 radical (unpaired) electrons. The van der Waals surface area contributed by atoms with Crippen LogP contribution in [0.3, 0.4) is 0 Å². The highest BCUT2D eigenvalue weighted by atomic mass is 31.1. The standard InChI is InChI=1S/C9H13FNO6P/c1-2-6(5-15-18-14)16-8(10)11-4-3-7(12)17-9(11)13/h3-4,6,8,14,18H,2,5H2,1H3/t6-,8?/m0/s1. The summed E-state index contributed by atoms with van der Waals surface area (Å²) in [5.74, 6) is -1.14. The van der Waals surface area contributed by atoms with Gasteiger partial charge >= 0.3 is 11.4 Å². The molecule has 0 saturated carbocycles. The smallest absolute Gasteiger partial charge is 0.372 e. The molecule has 7 nitrogen and oxygen atoms in total. The number of hydrogen-bond donors (Lipinski definition) is 1. The largest absolute Gasteiger partial charge is 0.426 e. The first kappa shape index (κ1) is 15.0. The highest BCUT2D eigenvalue weighted by Gasteiger charge is 2.18. The highest BCUT2D eigenvalue weighted by Crippen LogP contribution is 2.15. The van der Waals surface area contributed by atoms with Crippen molar-refractivity contribution in [3.05, 3.63) is 33.2 Å². The molecule has 18 heavy (non-hydrogen) atoms. The molecule has 1 N–H and O–H groups in total. The maximum atomic E-state index is 13.7. The number of alkyl halides is 1. The van der Waals surface area contributed by atoms with Crippen molar-refractivity contribution in [1.82, 2.24) is 4.57 Å². The first-order chi connectivity index (χ1) is 8.58. The van der Waals surface area contributed by atoms with Gasteiger partial charge in [-0.1, -0.05) is 6.92 Å². The van der Waals surface area contributed by atoms with E-state index in [1.54, 1.807) is 6.92 Å². The Hall–Kier alpha value is -1.08. The monoisotopic (exact) mass is 281 g/mol. The first-order valence-corrected chi connectivity index (χ1v) is 5.96. The van der Waals surface area contributed by atoms with Crippen LogP contribution in [0.4, 0.5) is 4.39 Å². The summed E-state index contributed by atoms with van der Waals surface area (Å²) < 4.78 is 28.0. The van der Waals surface area contributed by atoms with E-state index in [2.05, 4.69) is 4.42 Å². The van der Waals surface area contributed by atoms with Crippen molar-refractivity contribution in [1.29, 1.82) is 0 Å². The Labute approximate surface area is 103 Å².